The van der Waals surface area contributed by atoms with E-state index in [0.29, 0.717) is 5.92 Å². The lowest BCUT2D eigenvalue weighted by atomic mass is 9.85. The molecule has 2 rings (SSSR count). The third-order valence-corrected chi connectivity index (χ3v) is 4.10. The third-order valence-electron chi connectivity index (χ3n) is 4.10. The molecule has 1 N–H and O–H groups in total. The van der Waals surface area contributed by atoms with Crippen LogP contribution in [-0.4, -0.2) is 20.8 Å². The van der Waals surface area contributed by atoms with Crippen molar-refractivity contribution in [1.29, 1.82) is 0 Å². The van der Waals surface area contributed by atoms with E-state index in [-0.39, 0.29) is 0 Å². The maximum absolute atomic E-state index is 5.32. The lowest BCUT2D eigenvalue weighted by molar-refractivity contribution is 0.355. The van der Waals surface area contributed by atoms with Gasteiger partial charge in [0.15, 0.2) is 11.5 Å². The molecule has 0 aliphatic heterocycles. The van der Waals surface area contributed by atoms with Crippen LogP contribution in [0.3, 0.4) is 0 Å². The van der Waals surface area contributed by atoms with Gasteiger partial charge in [-0.25, -0.2) is 0 Å². The molecular formula is C18H25NO2. The molecule has 3 heteroatoms. The molecule has 0 saturated carbocycles. The molecule has 114 valence electrons. The number of hydrogen-bond acceptors (Lipinski definition) is 3. The molecule has 0 unspecified atom stereocenters. The second-order valence-electron chi connectivity index (χ2n) is 5.60. The van der Waals surface area contributed by atoms with E-state index in [1.165, 1.54) is 17.6 Å². The summed E-state index contributed by atoms with van der Waals surface area (Å²) in [6.07, 6.45) is 5.85. The fourth-order valence-electron chi connectivity index (χ4n) is 2.66. The maximum Gasteiger partial charge on any atom is 0.162 e. The lowest BCUT2D eigenvalue weighted by Crippen LogP contribution is -2.12. The predicted molar refractivity (Wildman–Crippen MR) is 88.3 cm³/mol. The highest BCUT2D eigenvalue weighted by Gasteiger charge is 2.14. The predicted octanol–water partition coefficient (Wildman–Crippen LogP) is 4.42. The normalized spacial score (nSPS) is 17.9. The van der Waals surface area contributed by atoms with E-state index in [0.717, 1.165) is 36.6 Å². The molecular weight excluding hydrogens is 262 g/mol. The molecule has 1 atom stereocenters. The Labute approximate surface area is 127 Å². The van der Waals surface area contributed by atoms with Crippen molar-refractivity contribution in [3.63, 3.8) is 0 Å². The Bertz CT molecular complexity index is 534. The Kier molecular flexibility index (Phi) is 5.32. The smallest absolute Gasteiger partial charge is 0.162 e. The molecule has 1 aromatic rings. The van der Waals surface area contributed by atoms with Gasteiger partial charge >= 0.3 is 0 Å². The van der Waals surface area contributed by atoms with Crippen LogP contribution in [0.2, 0.25) is 0 Å². The molecule has 0 heterocycles. The minimum absolute atomic E-state index is 0.662. The molecule has 0 fully saturated rings. The Hall–Kier alpha value is -1.90. The van der Waals surface area contributed by atoms with Gasteiger partial charge in [0, 0.05) is 18.3 Å². The Balaban J connectivity index is 1.93. The molecule has 21 heavy (non-hydrogen) atoms. The van der Waals surface area contributed by atoms with E-state index in [4.69, 9.17) is 9.47 Å². The van der Waals surface area contributed by atoms with Crippen LogP contribution in [0.5, 0.6) is 11.5 Å². The van der Waals surface area contributed by atoms with Crippen LogP contribution in [0.1, 0.15) is 26.2 Å². The van der Waals surface area contributed by atoms with Gasteiger partial charge in [0.1, 0.15) is 0 Å². The molecule has 0 bridgehead atoms. The second-order valence-corrected chi connectivity index (χ2v) is 5.60. The zero-order valence-corrected chi connectivity index (χ0v) is 13.2. The second kappa shape index (κ2) is 7.21. The van der Waals surface area contributed by atoms with Gasteiger partial charge in [-0.3, -0.25) is 0 Å². The first-order valence-corrected chi connectivity index (χ1v) is 7.43. The van der Waals surface area contributed by atoms with Crippen LogP contribution in [0.4, 0.5) is 5.69 Å². The average Bonchev–Trinajstić information content (AvgIpc) is 2.52. The number of rotatable bonds is 6. The first-order chi connectivity index (χ1) is 10.1. The molecule has 3 nitrogen and oxygen atoms in total. The maximum atomic E-state index is 5.32. The Morgan fingerprint density at radius 2 is 2.05 bits per heavy atom. The summed E-state index contributed by atoms with van der Waals surface area (Å²) in [6, 6.07) is 5.91. The molecule has 0 saturated heterocycles. The molecule has 0 amide bonds. The van der Waals surface area contributed by atoms with Crippen molar-refractivity contribution < 1.29 is 9.47 Å². The molecule has 0 aromatic heterocycles. The number of benzene rings is 1. The van der Waals surface area contributed by atoms with Crippen molar-refractivity contribution >= 4 is 5.69 Å². The Morgan fingerprint density at radius 1 is 1.29 bits per heavy atom. The lowest BCUT2D eigenvalue weighted by Gasteiger charge is -2.22. The van der Waals surface area contributed by atoms with E-state index in [1.54, 1.807) is 14.2 Å². The minimum Gasteiger partial charge on any atom is -0.493 e. The van der Waals surface area contributed by atoms with Crippen LogP contribution in [0.25, 0.3) is 0 Å². The van der Waals surface area contributed by atoms with Gasteiger partial charge < -0.3 is 14.8 Å². The molecule has 1 aromatic carbocycles. The van der Waals surface area contributed by atoms with Crippen LogP contribution in [0, 0.1) is 5.92 Å². The van der Waals surface area contributed by atoms with Gasteiger partial charge in [-0.15, -0.1) is 0 Å². The summed E-state index contributed by atoms with van der Waals surface area (Å²) in [4.78, 5) is 0. The van der Waals surface area contributed by atoms with Crippen molar-refractivity contribution in [3.8, 4) is 11.5 Å². The molecule has 0 spiro atoms. The first-order valence-electron chi connectivity index (χ1n) is 7.43. The van der Waals surface area contributed by atoms with Crippen molar-refractivity contribution in [2.75, 3.05) is 26.1 Å². The molecule has 0 radical (unpaired) electrons. The number of allylic oxidation sites excluding steroid dienone is 2. The van der Waals surface area contributed by atoms with Crippen LogP contribution < -0.4 is 14.8 Å². The fraction of sp³-hybridized carbons (Fsp3) is 0.444. The SMILES string of the molecule is C=C(C)[C@@H]1CC=C(CNc2ccc(OC)c(OC)c2)CC1. The summed E-state index contributed by atoms with van der Waals surface area (Å²) >= 11 is 0. The van der Waals surface area contributed by atoms with Gasteiger partial charge in [0.05, 0.1) is 14.2 Å². The van der Waals surface area contributed by atoms with Crippen LogP contribution >= 0.6 is 0 Å². The highest BCUT2D eigenvalue weighted by molar-refractivity contribution is 5.55. The quantitative estimate of drug-likeness (QED) is 0.786. The zero-order valence-electron chi connectivity index (χ0n) is 13.2. The molecule has 1 aliphatic rings. The van der Waals surface area contributed by atoms with Gasteiger partial charge in [-0.1, -0.05) is 23.8 Å². The van der Waals surface area contributed by atoms with Gasteiger partial charge in [0.25, 0.3) is 0 Å². The summed E-state index contributed by atoms with van der Waals surface area (Å²) in [6.45, 7) is 7.08. The van der Waals surface area contributed by atoms with Crippen molar-refractivity contribution in [1.82, 2.24) is 0 Å². The van der Waals surface area contributed by atoms with Crippen molar-refractivity contribution in [3.05, 3.63) is 42.0 Å². The highest BCUT2D eigenvalue weighted by Crippen LogP contribution is 2.31. The summed E-state index contributed by atoms with van der Waals surface area (Å²) in [5.74, 6) is 2.17. The summed E-state index contributed by atoms with van der Waals surface area (Å²) in [5.41, 5.74) is 3.83. The van der Waals surface area contributed by atoms with E-state index in [9.17, 15) is 0 Å². The minimum atomic E-state index is 0.662. The van der Waals surface area contributed by atoms with Crippen molar-refractivity contribution in [2.24, 2.45) is 5.92 Å². The van der Waals surface area contributed by atoms with Crippen LogP contribution in [-0.2, 0) is 0 Å². The van der Waals surface area contributed by atoms with Gasteiger partial charge in [-0.05, 0) is 44.2 Å². The van der Waals surface area contributed by atoms with Gasteiger partial charge in [0.2, 0.25) is 0 Å². The third kappa shape index (κ3) is 4.03. The van der Waals surface area contributed by atoms with E-state index < -0.39 is 0 Å². The number of nitrogens with one attached hydrogen (secondary N) is 1. The molecule has 1 aliphatic carbocycles. The number of anilines is 1. The van der Waals surface area contributed by atoms with Crippen molar-refractivity contribution in [2.45, 2.75) is 26.2 Å². The Morgan fingerprint density at radius 3 is 2.62 bits per heavy atom. The summed E-state index contributed by atoms with van der Waals surface area (Å²) in [7, 11) is 3.30. The van der Waals surface area contributed by atoms with E-state index in [2.05, 4.69) is 24.9 Å². The first kappa shape index (κ1) is 15.5. The monoisotopic (exact) mass is 287 g/mol. The average molecular weight is 287 g/mol. The topological polar surface area (TPSA) is 30.5 Å². The highest BCUT2D eigenvalue weighted by atomic mass is 16.5. The fourth-order valence-corrected chi connectivity index (χ4v) is 2.66. The summed E-state index contributed by atoms with van der Waals surface area (Å²) < 4.78 is 10.6. The van der Waals surface area contributed by atoms with Crippen LogP contribution in [0.15, 0.2) is 42.0 Å². The van der Waals surface area contributed by atoms with E-state index >= 15 is 0 Å². The standard InChI is InChI=1S/C18H25NO2/c1-13(2)15-7-5-14(6-8-15)12-19-16-9-10-17(20-3)18(11-16)21-4/h5,9-11,15,19H,1,6-8,12H2,2-4H3/t15-/m1/s1. The number of hydrogen-bond donors (Lipinski definition) is 1. The zero-order chi connectivity index (χ0) is 15.2. The number of ether oxygens (including phenoxy) is 2. The van der Waals surface area contributed by atoms with Gasteiger partial charge in [-0.2, -0.15) is 0 Å². The summed E-state index contributed by atoms with van der Waals surface area (Å²) in [5, 5.41) is 3.46. The number of methoxy groups -OCH3 is 2. The largest absolute Gasteiger partial charge is 0.493 e. The van der Waals surface area contributed by atoms with E-state index in [1.807, 2.05) is 18.2 Å².